The Kier molecular flexibility index (Phi) is 8.19. The SMILES string of the molecule is CC1([C@@H]2CC[C@]3(NC(=O)CN4CCS(=O)(=O)CC4)CC[C@]4(C)[C@H](CC[C@@H]5[C@@]6(C)CC=C(c7ccc(C(=O)O)cc7)C(C)(C)[C@@H]6CC[C@]54C)[C@@H]23)CC1. The van der Waals surface area contributed by atoms with Crippen LogP contribution < -0.4 is 5.32 Å². The van der Waals surface area contributed by atoms with Crippen LogP contribution >= 0.6 is 0 Å². The third-order valence-corrected chi connectivity index (χ3v) is 19.2. The normalized spacial score (nSPS) is 43.4. The first kappa shape index (κ1) is 35.8. The van der Waals surface area contributed by atoms with E-state index in [1.54, 1.807) is 12.1 Å². The van der Waals surface area contributed by atoms with E-state index >= 15 is 0 Å². The predicted octanol–water partition coefficient (Wildman–Crippen LogP) is 7.86. The second kappa shape index (κ2) is 11.7. The number of amides is 1. The Morgan fingerprint density at radius 1 is 0.804 bits per heavy atom. The molecule has 7 aliphatic rings. The molecule has 0 unspecified atom stereocenters. The van der Waals surface area contributed by atoms with Crippen molar-refractivity contribution in [2.45, 2.75) is 118 Å². The number of allylic oxidation sites excluding steroid dienone is 2. The molecule has 2 N–H and O–H groups in total. The van der Waals surface area contributed by atoms with Gasteiger partial charge in [0.1, 0.15) is 0 Å². The molecular formula is C43H62N2O5S. The molecule has 8 rings (SSSR count). The smallest absolute Gasteiger partial charge is 0.335 e. The van der Waals surface area contributed by atoms with Crippen molar-refractivity contribution in [3.8, 4) is 0 Å². The highest BCUT2D eigenvalue weighted by Crippen LogP contribution is 2.78. The molecular weight excluding hydrogens is 657 g/mol. The number of hydrogen-bond acceptors (Lipinski definition) is 5. The molecule has 1 amide bonds. The molecule has 7 nitrogen and oxygen atoms in total. The summed E-state index contributed by atoms with van der Waals surface area (Å²) in [6.07, 6.45) is 15.7. The molecule has 6 fully saturated rings. The van der Waals surface area contributed by atoms with Crippen LogP contribution in [-0.4, -0.2) is 67.0 Å². The zero-order valence-corrected chi connectivity index (χ0v) is 32.8. The van der Waals surface area contributed by atoms with E-state index in [1.165, 1.54) is 50.5 Å². The third-order valence-electron chi connectivity index (χ3n) is 17.6. The van der Waals surface area contributed by atoms with Gasteiger partial charge in [-0.25, -0.2) is 13.2 Å². The van der Waals surface area contributed by atoms with Crippen molar-refractivity contribution in [1.29, 1.82) is 0 Å². The lowest BCUT2D eigenvalue weighted by atomic mass is 9.32. The number of sulfone groups is 1. The second-order valence-electron chi connectivity index (χ2n) is 20.1. The van der Waals surface area contributed by atoms with Gasteiger partial charge in [-0.2, -0.15) is 0 Å². The molecule has 0 aromatic heterocycles. The summed E-state index contributed by atoms with van der Waals surface area (Å²) in [4.78, 5) is 27.5. The van der Waals surface area contributed by atoms with E-state index in [-0.39, 0.29) is 44.6 Å². The first-order valence-corrected chi connectivity index (χ1v) is 22.0. The molecule has 1 aromatic rings. The van der Waals surface area contributed by atoms with E-state index in [0.717, 1.165) is 31.2 Å². The summed E-state index contributed by atoms with van der Waals surface area (Å²) >= 11 is 0. The molecule has 0 radical (unpaired) electrons. The van der Waals surface area contributed by atoms with Crippen molar-refractivity contribution in [3.05, 3.63) is 41.5 Å². The van der Waals surface area contributed by atoms with Crippen molar-refractivity contribution in [2.75, 3.05) is 31.1 Å². The molecule has 1 heterocycles. The number of carbonyl (C=O) groups excluding carboxylic acids is 1. The summed E-state index contributed by atoms with van der Waals surface area (Å²) in [6, 6.07) is 7.54. The maximum absolute atomic E-state index is 13.9. The highest BCUT2D eigenvalue weighted by Gasteiger charge is 2.72. The molecule has 5 saturated carbocycles. The molecule has 0 bridgehead atoms. The van der Waals surface area contributed by atoms with Crippen molar-refractivity contribution < 1.29 is 23.1 Å². The van der Waals surface area contributed by atoms with Crippen LogP contribution in [0, 0.1) is 56.7 Å². The minimum atomic E-state index is -2.98. The number of rotatable bonds is 6. The highest BCUT2D eigenvalue weighted by molar-refractivity contribution is 7.91. The Bertz CT molecular complexity index is 1730. The summed E-state index contributed by atoms with van der Waals surface area (Å²) < 4.78 is 24.1. The Balaban J connectivity index is 1.08. The van der Waals surface area contributed by atoms with Crippen LogP contribution in [0.25, 0.3) is 5.57 Å². The number of nitrogens with one attached hydrogen (secondary N) is 1. The van der Waals surface area contributed by atoms with Crippen molar-refractivity contribution in [2.24, 2.45) is 56.7 Å². The zero-order valence-electron chi connectivity index (χ0n) is 32.0. The van der Waals surface area contributed by atoms with Crippen LogP contribution in [0.2, 0.25) is 0 Å². The largest absolute Gasteiger partial charge is 0.478 e. The number of carboxylic acid groups (broad SMARTS) is 1. The first-order chi connectivity index (χ1) is 23.9. The molecule has 1 aromatic carbocycles. The monoisotopic (exact) mass is 718 g/mol. The minimum Gasteiger partial charge on any atom is -0.478 e. The van der Waals surface area contributed by atoms with Gasteiger partial charge in [0, 0.05) is 18.6 Å². The molecule has 51 heavy (non-hydrogen) atoms. The van der Waals surface area contributed by atoms with Gasteiger partial charge in [0.25, 0.3) is 0 Å². The van der Waals surface area contributed by atoms with E-state index in [0.29, 0.717) is 60.2 Å². The number of hydrogen-bond donors (Lipinski definition) is 2. The van der Waals surface area contributed by atoms with Gasteiger partial charge in [-0.1, -0.05) is 59.8 Å². The summed E-state index contributed by atoms with van der Waals surface area (Å²) in [7, 11) is -2.98. The average Bonchev–Trinajstić information content (AvgIpc) is 3.69. The number of carboxylic acids is 1. The Morgan fingerprint density at radius 2 is 1.49 bits per heavy atom. The van der Waals surface area contributed by atoms with E-state index in [1.807, 2.05) is 17.0 Å². The fraction of sp³-hybridized carbons (Fsp3) is 0.767. The van der Waals surface area contributed by atoms with Gasteiger partial charge in [-0.05, 0) is 151 Å². The lowest BCUT2D eigenvalue weighted by molar-refractivity contribution is -0.222. The summed E-state index contributed by atoms with van der Waals surface area (Å²) in [5.41, 5.74) is 3.73. The molecule has 1 saturated heterocycles. The first-order valence-electron chi connectivity index (χ1n) is 20.2. The Labute approximate surface area is 306 Å². The van der Waals surface area contributed by atoms with Crippen LogP contribution in [0.3, 0.4) is 0 Å². The van der Waals surface area contributed by atoms with Crippen LogP contribution in [0.15, 0.2) is 30.3 Å². The minimum absolute atomic E-state index is 0.0154. The van der Waals surface area contributed by atoms with Crippen molar-refractivity contribution in [3.63, 3.8) is 0 Å². The van der Waals surface area contributed by atoms with Gasteiger partial charge in [-0.3, -0.25) is 9.69 Å². The zero-order chi connectivity index (χ0) is 36.4. The van der Waals surface area contributed by atoms with Gasteiger partial charge < -0.3 is 10.4 Å². The van der Waals surface area contributed by atoms with Crippen LogP contribution in [-0.2, 0) is 14.6 Å². The van der Waals surface area contributed by atoms with Gasteiger partial charge >= 0.3 is 5.97 Å². The van der Waals surface area contributed by atoms with Gasteiger partial charge in [0.05, 0.1) is 23.6 Å². The van der Waals surface area contributed by atoms with E-state index in [4.69, 9.17) is 0 Å². The molecule has 280 valence electrons. The number of fused-ring (bicyclic) bond motifs is 7. The van der Waals surface area contributed by atoms with Crippen molar-refractivity contribution >= 4 is 27.3 Å². The van der Waals surface area contributed by atoms with E-state index < -0.39 is 15.8 Å². The molecule has 6 aliphatic carbocycles. The van der Waals surface area contributed by atoms with Crippen LogP contribution in [0.1, 0.15) is 128 Å². The lowest BCUT2D eigenvalue weighted by Gasteiger charge is -2.72. The quantitative estimate of drug-likeness (QED) is 0.311. The Hall–Kier alpha value is -2.19. The maximum atomic E-state index is 13.9. The second-order valence-corrected chi connectivity index (χ2v) is 22.4. The van der Waals surface area contributed by atoms with Crippen LogP contribution in [0.5, 0.6) is 0 Å². The molecule has 1 aliphatic heterocycles. The van der Waals surface area contributed by atoms with Crippen LogP contribution in [0.4, 0.5) is 0 Å². The summed E-state index contributed by atoms with van der Waals surface area (Å²) in [5, 5.41) is 13.2. The standard InChI is InChI=1S/C43H62N2O5S/c1-38(2)30(28-7-9-29(10-8-28)37(47)48)13-16-40(4)33(38)15-17-42(6)34(40)12-11-32-36-31(39(3)19-20-39)14-18-43(36,22-21-41(32,42)5)44-35(46)27-45-23-25-51(49,50)26-24-45/h7-10,13,31-34,36H,11-12,14-27H2,1-6H3,(H,44,46)(H,47,48)/t31-,32-,33+,34-,36-,40+,41-,42-,43+/m1/s1. The fourth-order valence-corrected chi connectivity index (χ4v) is 15.8. The average molecular weight is 719 g/mol. The van der Waals surface area contributed by atoms with E-state index in [2.05, 4.69) is 52.9 Å². The van der Waals surface area contributed by atoms with Gasteiger partial charge in [-0.15, -0.1) is 0 Å². The highest BCUT2D eigenvalue weighted by atomic mass is 32.2. The lowest BCUT2D eigenvalue weighted by Crippen LogP contribution is -2.68. The van der Waals surface area contributed by atoms with E-state index in [9.17, 15) is 23.1 Å². The molecule has 9 atom stereocenters. The molecule has 8 heteroatoms. The summed E-state index contributed by atoms with van der Waals surface area (Å²) in [5.74, 6) is 2.46. The topological polar surface area (TPSA) is 104 Å². The van der Waals surface area contributed by atoms with Gasteiger partial charge in [0.15, 0.2) is 9.84 Å². The molecule has 0 spiro atoms. The number of benzene rings is 1. The maximum Gasteiger partial charge on any atom is 0.335 e. The number of carbonyl (C=O) groups is 2. The number of aromatic carboxylic acids is 1. The Morgan fingerprint density at radius 3 is 2.14 bits per heavy atom. The number of nitrogens with zero attached hydrogens (tertiary/aromatic N) is 1. The third kappa shape index (κ3) is 5.36. The summed E-state index contributed by atoms with van der Waals surface area (Å²) in [6.45, 7) is 16.6. The van der Waals surface area contributed by atoms with Gasteiger partial charge in [0.2, 0.25) is 5.91 Å². The predicted molar refractivity (Wildman–Crippen MR) is 202 cm³/mol. The van der Waals surface area contributed by atoms with Crippen molar-refractivity contribution in [1.82, 2.24) is 10.2 Å². The fourth-order valence-electron chi connectivity index (χ4n) is 14.5.